The normalized spacial score (nSPS) is 19.7. The summed E-state index contributed by atoms with van der Waals surface area (Å²) in [6.07, 6.45) is 44.1. The number of rotatable bonds is 48. The highest BCUT2D eigenvalue weighted by molar-refractivity contribution is 5.76. The molecule has 1 saturated heterocycles. The molecule has 1 rings (SSSR count). The van der Waals surface area contributed by atoms with Crippen LogP contribution in [0.1, 0.15) is 258 Å². The third kappa shape index (κ3) is 36.7. The van der Waals surface area contributed by atoms with Gasteiger partial charge in [0, 0.05) is 12.8 Å². The summed E-state index contributed by atoms with van der Waals surface area (Å²) in [4.78, 5) is 25.0. The van der Waals surface area contributed by atoms with Crippen molar-refractivity contribution in [3.05, 3.63) is 24.3 Å². The highest BCUT2D eigenvalue weighted by atomic mass is 16.7. The number of aliphatic hydroxyl groups is 5. The van der Waals surface area contributed by atoms with Gasteiger partial charge in [-0.15, -0.1) is 0 Å². The fourth-order valence-electron chi connectivity index (χ4n) is 8.80. The summed E-state index contributed by atoms with van der Waals surface area (Å²) in [5.74, 6) is -0.207. The summed E-state index contributed by atoms with van der Waals surface area (Å²) in [6, 6.07) is -0.828. The standard InChI is InChI=1S/C56H105NO10/c1-3-5-7-9-11-13-23-28-32-36-40-44-52(61)65-45-41-37-33-29-25-22-20-18-16-15-17-19-21-24-27-31-35-39-43-51(60)57-48(47-66-56-55(64)54(63)53(62)50(46-58)67-56)49(59)42-38-34-30-26-14-12-10-8-6-4-2/h14,26,38,42,48-50,53-56,58-59,62-64H,3-13,15-25,27-37,39-41,43-47H2,1-2H3,(H,57,60)/b26-14+,42-38+. The van der Waals surface area contributed by atoms with Crippen LogP contribution in [0.5, 0.6) is 0 Å². The minimum absolute atomic E-state index is 0.00963. The Morgan fingerprint density at radius 3 is 1.48 bits per heavy atom. The fourth-order valence-corrected chi connectivity index (χ4v) is 8.80. The molecule has 7 unspecified atom stereocenters. The van der Waals surface area contributed by atoms with Gasteiger partial charge >= 0.3 is 5.97 Å². The number of unbranched alkanes of at least 4 members (excludes halogenated alkanes) is 32. The van der Waals surface area contributed by atoms with Gasteiger partial charge in [0.05, 0.1) is 32.0 Å². The van der Waals surface area contributed by atoms with Gasteiger partial charge in [0.25, 0.3) is 0 Å². The molecular weight excluding hydrogens is 847 g/mol. The van der Waals surface area contributed by atoms with E-state index in [0.717, 1.165) is 64.2 Å². The van der Waals surface area contributed by atoms with Gasteiger partial charge < -0.3 is 45.1 Å². The predicted molar refractivity (Wildman–Crippen MR) is 274 cm³/mol. The molecule has 67 heavy (non-hydrogen) atoms. The van der Waals surface area contributed by atoms with E-state index >= 15 is 0 Å². The number of carbonyl (C=O) groups excluding carboxylic acids is 2. The van der Waals surface area contributed by atoms with Crippen LogP contribution in [-0.4, -0.2) is 100 Å². The number of amides is 1. The molecule has 0 radical (unpaired) electrons. The van der Waals surface area contributed by atoms with Gasteiger partial charge in [-0.05, 0) is 44.9 Å². The second-order valence-corrected chi connectivity index (χ2v) is 19.6. The Balaban J connectivity index is 2.08. The zero-order valence-electron chi connectivity index (χ0n) is 43.1. The van der Waals surface area contributed by atoms with E-state index < -0.39 is 49.5 Å². The van der Waals surface area contributed by atoms with Crippen LogP contribution >= 0.6 is 0 Å². The van der Waals surface area contributed by atoms with Crippen molar-refractivity contribution in [1.29, 1.82) is 0 Å². The van der Waals surface area contributed by atoms with Crippen LogP contribution in [0.25, 0.3) is 0 Å². The highest BCUT2D eigenvalue weighted by Gasteiger charge is 2.44. The molecule has 1 amide bonds. The van der Waals surface area contributed by atoms with Gasteiger partial charge in [0.15, 0.2) is 6.29 Å². The van der Waals surface area contributed by atoms with Crippen LogP contribution in [0, 0.1) is 0 Å². The average Bonchev–Trinajstić information content (AvgIpc) is 3.32. The molecule has 11 heteroatoms. The minimum atomic E-state index is -1.58. The molecule has 1 fully saturated rings. The van der Waals surface area contributed by atoms with Crippen LogP contribution in [-0.2, 0) is 23.8 Å². The molecule has 0 bridgehead atoms. The van der Waals surface area contributed by atoms with Crippen LogP contribution in [0.15, 0.2) is 24.3 Å². The number of allylic oxidation sites excluding steroid dienone is 3. The quantitative estimate of drug-likeness (QED) is 0.0196. The van der Waals surface area contributed by atoms with Crippen molar-refractivity contribution in [2.45, 2.75) is 301 Å². The third-order valence-electron chi connectivity index (χ3n) is 13.3. The van der Waals surface area contributed by atoms with Gasteiger partial charge in [-0.1, -0.05) is 224 Å². The molecule has 1 heterocycles. The Labute approximate surface area is 410 Å². The largest absolute Gasteiger partial charge is 0.466 e. The first-order valence-corrected chi connectivity index (χ1v) is 28.1. The molecule has 0 aliphatic carbocycles. The van der Waals surface area contributed by atoms with Crippen molar-refractivity contribution < 1.29 is 49.3 Å². The second-order valence-electron chi connectivity index (χ2n) is 19.6. The molecule has 0 aromatic heterocycles. The molecule has 1 aliphatic heterocycles. The van der Waals surface area contributed by atoms with E-state index in [-0.39, 0.29) is 18.5 Å². The van der Waals surface area contributed by atoms with Crippen LogP contribution < -0.4 is 5.32 Å². The number of esters is 1. The Morgan fingerprint density at radius 2 is 0.970 bits per heavy atom. The molecule has 1 aliphatic rings. The van der Waals surface area contributed by atoms with Gasteiger partial charge in [0.1, 0.15) is 24.4 Å². The maximum absolute atomic E-state index is 13.0. The van der Waals surface area contributed by atoms with Crippen molar-refractivity contribution in [2.75, 3.05) is 19.8 Å². The molecule has 0 aromatic carbocycles. The first-order chi connectivity index (χ1) is 32.7. The maximum Gasteiger partial charge on any atom is 0.305 e. The van der Waals surface area contributed by atoms with Crippen molar-refractivity contribution in [1.82, 2.24) is 5.32 Å². The summed E-state index contributed by atoms with van der Waals surface area (Å²) >= 11 is 0. The van der Waals surface area contributed by atoms with Crippen molar-refractivity contribution >= 4 is 11.9 Å². The van der Waals surface area contributed by atoms with E-state index in [4.69, 9.17) is 14.2 Å². The highest BCUT2D eigenvalue weighted by Crippen LogP contribution is 2.23. The van der Waals surface area contributed by atoms with E-state index in [1.54, 1.807) is 6.08 Å². The van der Waals surface area contributed by atoms with Gasteiger partial charge in [-0.25, -0.2) is 0 Å². The van der Waals surface area contributed by atoms with Crippen LogP contribution in [0.2, 0.25) is 0 Å². The van der Waals surface area contributed by atoms with E-state index in [1.165, 1.54) is 167 Å². The average molecular weight is 952 g/mol. The summed E-state index contributed by atoms with van der Waals surface area (Å²) in [6.45, 7) is 4.27. The second kappa shape index (κ2) is 46.5. The molecular formula is C56H105NO10. The predicted octanol–water partition coefficient (Wildman–Crippen LogP) is 12.2. The number of hydrogen-bond donors (Lipinski definition) is 6. The minimum Gasteiger partial charge on any atom is -0.466 e. The van der Waals surface area contributed by atoms with E-state index in [2.05, 4.69) is 31.3 Å². The van der Waals surface area contributed by atoms with Gasteiger partial charge in [0.2, 0.25) is 5.91 Å². The third-order valence-corrected chi connectivity index (χ3v) is 13.3. The number of carbonyl (C=O) groups is 2. The van der Waals surface area contributed by atoms with E-state index in [1.807, 2.05) is 6.08 Å². The van der Waals surface area contributed by atoms with E-state index in [9.17, 15) is 35.1 Å². The van der Waals surface area contributed by atoms with E-state index in [0.29, 0.717) is 19.4 Å². The Hall–Kier alpha value is -1.86. The zero-order chi connectivity index (χ0) is 48.8. The maximum atomic E-state index is 13.0. The number of aliphatic hydroxyl groups excluding tert-OH is 5. The zero-order valence-corrected chi connectivity index (χ0v) is 43.1. The monoisotopic (exact) mass is 952 g/mol. The smallest absolute Gasteiger partial charge is 0.305 e. The first kappa shape index (κ1) is 63.2. The summed E-state index contributed by atoms with van der Waals surface area (Å²) in [5, 5.41) is 54.2. The lowest BCUT2D eigenvalue weighted by molar-refractivity contribution is -0.302. The Bertz CT molecular complexity index is 1170. The van der Waals surface area contributed by atoms with Crippen molar-refractivity contribution in [3.8, 4) is 0 Å². The Morgan fingerprint density at radius 1 is 0.537 bits per heavy atom. The van der Waals surface area contributed by atoms with Gasteiger partial charge in [-0.2, -0.15) is 0 Å². The van der Waals surface area contributed by atoms with Gasteiger partial charge in [-0.3, -0.25) is 9.59 Å². The molecule has 11 nitrogen and oxygen atoms in total. The summed E-state index contributed by atoms with van der Waals surface area (Å²) in [7, 11) is 0. The van der Waals surface area contributed by atoms with Crippen molar-refractivity contribution in [2.24, 2.45) is 0 Å². The lowest BCUT2D eigenvalue weighted by atomic mass is 9.99. The molecule has 0 saturated carbocycles. The van der Waals surface area contributed by atoms with Crippen LogP contribution in [0.3, 0.4) is 0 Å². The Kier molecular flexibility index (Phi) is 43.8. The first-order valence-electron chi connectivity index (χ1n) is 28.1. The SMILES string of the molecule is CCCCCC/C=C/CC/C=C/C(O)C(COC1OC(CO)C(O)C(O)C1O)NC(=O)CCCCCCCCCCCCCCCCCCCCOC(=O)CCCCCCCCCCCCC. The molecule has 0 spiro atoms. The van der Waals surface area contributed by atoms with Crippen molar-refractivity contribution in [3.63, 3.8) is 0 Å². The molecule has 394 valence electrons. The topological polar surface area (TPSA) is 175 Å². The molecule has 0 aromatic rings. The lowest BCUT2D eigenvalue weighted by Crippen LogP contribution is -2.60. The molecule has 7 atom stereocenters. The number of hydrogen-bond acceptors (Lipinski definition) is 10. The summed E-state index contributed by atoms with van der Waals surface area (Å²) in [5.41, 5.74) is 0. The molecule has 6 N–H and O–H groups in total. The number of nitrogens with one attached hydrogen (secondary N) is 1. The van der Waals surface area contributed by atoms with Crippen LogP contribution in [0.4, 0.5) is 0 Å². The fraction of sp³-hybridized carbons (Fsp3) is 0.893. The summed E-state index contributed by atoms with van der Waals surface area (Å²) < 4.78 is 16.6. The number of ether oxygens (including phenoxy) is 3. The lowest BCUT2D eigenvalue weighted by Gasteiger charge is -2.40.